The molecular formula is C11H18NO3P. The van der Waals surface area contributed by atoms with Crippen LogP contribution in [0.2, 0.25) is 0 Å². The monoisotopic (exact) mass is 243 g/mol. The summed E-state index contributed by atoms with van der Waals surface area (Å²) in [6, 6.07) is 6.80. The van der Waals surface area contributed by atoms with Gasteiger partial charge in [-0.1, -0.05) is 26.0 Å². The molecule has 0 spiro atoms. The van der Waals surface area contributed by atoms with E-state index in [1.807, 2.05) is 0 Å². The van der Waals surface area contributed by atoms with Crippen LogP contribution >= 0.6 is 7.60 Å². The topological polar surface area (TPSA) is 83.6 Å². The Kier molecular flexibility index (Phi) is 3.79. The molecule has 0 aliphatic carbocycles. The van der Waals surface area contributed by atoms with E-state index >= 15 is 0 Å². The van der Waals surface area contributed by atoms with Crippen LogP contribution in [0, 0.1) is 0 Å². The molecule has 4 N–H and O–H groups in total. The maximum Gasteiger partial charge on any atom is 0.335 e. The van der Waals surface area contributed by atoms with Crippen LogP contribution in [0.4, 0.5) is 5.69 Å². The fourth-order valence-electron chi connectivity index (χ4n) is 2.07. The average Bonchev–Trinajstić information content (AvgIpc) is 2.18. The van der Waals surface area contributed by atoms with Crippen molar-refractivity contribution in [3.8, 4) is 0 Å². The van der Waals surface area contributed by atoms with Crippen molar-refractivity contribution in [1.82, 2.24) is 0 Å². The maximum atomic E-state index is 11.7. The molecule has 0 saturated heterocycles. The van der Waals surface area contributed by atoms with Gasteiger partial charge in [0.2, 0.25) is 0 Å². The average molecular weight is 243 g/mol. The Labute approximate surface area is 95.6 Å². The third-order valence-electron chi connectivity index (χ3n) is 3.15. The van der Waals surface area contributed by atoms with Gasteiger partial charge in [-0.3, -0.25) is 4.57 Å². The molecule has 1 rings (SSSR count). The summed E-state index contributed by atoms with van der Waals surface area (Å²) in [7, 11) is -4.20. The second-order valence-electron chi connectivity index (χ2n) is 3.91. The molecule has 0 saturated carbocycles. The molecule has 0 aromatic heterocycles. The largest absolute Gasteiger partial charge is 0.399 e. The highest BCUT2D eigenvalue weighted by atomic mass is 31.2. The summed E-state index contributed by atoms with van der Waals surface area (Å²) in [4.78, 5) is 19.1. The molecule has 0 heterocycles. The second-order valence-corrected chi connectivity index (χ2v) is 5.85. The molecule has 0 fully saturated rings. The number of nitrogen functional groups attached to an aromatic ring is 1. The minimum absolute atomic E-state index is 0.386. The van der Waals surface area contributed by atoms with Crippen molar-refractivity contribution in [2.24, 2.45) is 0 Å². The van der Waals surface area contributed by atoms with Crippen LogP contribution in [0.1, 0.15) is 32.3 Å². The predicted octanol–water partition coefficient (Wildman–Crippen LogP) is 2.46. The standard InChI is InChI=1S/C11H18NO3P/c1-3-11(4-2,16(13,14)15)9-6-5-7-10(12)8-9/h5-8H,3-4,12H2,1-2H3,(H2,13,14,15). The molecule has 90 valence electrons. The lowest BCUT2D eigenvalue weighted by Crippen LogP contribution is -2.24. The first-order valence-corrected chi connectivity index (χ1v) is 6.90. The van der Waals surface area contributed by atoms with E-state index in [4.69, 9.17) is 5.73 Å². The summed E-state index contributed by atoms with van der Waals surface area (Å²) in [6.45, 7) is 3.57. The van der Waals surface area contributed by atoms with Gasteiger partial charge in [0.25, 0.3) is 0 Å². The first-order valence-electron chi connectivity index (χ1n) is 5.29. The van der Waals surface area contributed by atoms with Gasteiger partial charge in [-0.25, -0.2) is 0 Å². The van der Waals surface area contributed by atoms with E-state index in [1.165, 1.54) is 0 Å². The van der Waals surface area contributed by atoms with Crippen molar-refractivity contribution in [1.29, 1.82) is 0 Å². The van der Waals surface area contributed by atoms with Crippen LogP contribution in [0.25, 0.3) is 0 Å². The number of nitrogens with two attached hydrogens (primary N) is 1. The normalized spacial score (nSPS) is 12.8. The maximum absolute atomic E-state index is 11.7. The van der Waals surface area contributed by atoms with Gasteiger partial charge in [0, 0.05) is 5.69 Å². The first-order chi connectivity index (χ1) is 7.37. The van der Waals surface area contributed by atoms with Crippen LogP contribution in [0.15, 0.2) is 24.3 Å². The molecular weight excluding hydrogens is 225 g/mol. The quantitative estimate of drug-likeness (QED) is 0.560. The number of benzene rings is 1. The van der Waals surface area contributed by atoms with Gasteiger partial charge >= 0.3 is 7.60 Å². The Hall–Kier alpha value is -0.830. The fraction of sp³-hybridized carbons (Fsp3) is 0.455. The first kappa shape index (κ1) is 13.2. The van der Waals surface area contributed by atoms with Crippen LogP contribution in [0.3, 0.4) is 0 Å². The Bertz CT molecular complexity index is 409. The lowest BCUT2D eigenvalue weighted by molar-refractivity contribution is 0.315. The van der Waals surface area contributed by atoms with Crippen LogP contribution in [0.5, 0.6) is 0 Å². The van der Waals surface area contributed by atoms with Crippen LogP contribution in [-0.4, -0.2) is 9.79 Å². The molecule has 4 nitrogen and oxygen atoms in total. The molecule has 0 bridgehead atoms. The van der Waals surface area contributed by atoms with Crippen molar-refractivity contribution in [2.75, 3.05) is 5.73 Å². The summed E-state index contributed by atoms with van der Waals surface area (Å²) >= 11 is 0. The fourth-order valence-corrected chi connectivity index (χ4v) is 3.37. The van der Waals surface area contributed by atoms with E-state index in [2.05, 4.69) is 0 Å². The smallest absolute Gasteiger partial charge is 0.335 e. The molecule has 0 atom stereocenters. The Morgan fingerprint density at radius 3 is 2.25 bits per heavy atom. The van der Waals surface area contributed by atoms with E-state index in [-0.39, 0.29) is 0 Å². The van der Waals surface area contributed by atoms with Crippen molar-refractivity contribution < 1.29 is 14.4 Å². The van der Waals surface area contributed by atoms with Gasteiger partial charge in [-0.2, -0.15) is 0 Å². The minimum Gasteiger partial charge on any atom is -0.399 e. The predicted molar refractivity (Wildman–Crippen MR) is 65.2 cm³/mol. The van der Waals surface area contributed by atoms with Gasteiger partial charge in [0.15, 0.2) is 0 Å². The Morgan fingerprint density at radius 2 is 1.88 bits per heavy atom. The van der Waals surface area contributed by atoms with Crippen molar-refractivity contribution in [3.63, 3.8) is 0 Å². The van der Waals surface area contributed by atoms with Crippen LogP contribution in [-0.2, 0) is 9.72 Å². The molecule has 0 amide bonds. The molecule has 16 heavy (non-hydrogen) atoms. The van der Waals surface area contributed by atoms with E-state index in [0.29, 0.717) is 24.1 Å². The summed E-state index contributed by atoms with van der Waals surface area (Å²) < 4.78 is 11.7. The highest BCUT2D eigenvalue weighted by molar-refractivity contribution is 7.53. The minimum atomic E-state index is -4.20. The van der Waals surface area contributed by atoms with E-state index in [9.17, 15) is 14.4 Å². The number of anilines is 1. The summed E-state index contributed by atoms with van der Waals surface area (Å²) in [5, 5.41) is -1.11. The zero-order chi connectivity index (χ0) is 12.4. The third-order valence-corrected chi connectivity index (χ3v) is 5.16. The Morgan fingerprint density at radius 1 is 1.31 bits per heavy atom. The summed E-state index contributed by atoms with van der Waals surface area (Å²) in [5.74, 6) is 0. The zero-order valence-electron chi connectivity index (χ0n) is 9.55. The van der Waals surface area contributed by atoms with Gasteiger partial charge in [-0.15, -0.1) is 0 Å². The highest BCUT2D eigenvalue weighted by Crippen LogP contribution is 2.60. The lowest BCUT2D eigenvalue weighted by atomic mass is 9.92. The van der Waals surface area contributed by atoms with Crippen molar-refractivity contribution >= 4 is 13.3 Å². The highest BCUT2D eigenvalue weighted by Gasteiger charge is 2.45. The van der Waals surface area contributed by atoms with Gasteiger partial charge in [-0.05, 0) is 30.5 Å². The molecule has 0 aliphatic heterocycles. The lowest BCUT2D eigenvalue weighted by Gasteiger charge is -2.33. The molecule has 0 unspecified atom stereocenters. The zero-order valence-corrected chi connectivity index (χ0v) is 10.4. The van der Waals surface area contributed by atoms with E-state index < -0.39 is 12.8 Å². The molecule has 1 aromatic rings. The van der Waals surface area contributed by atoms with Gasteiger partial charge in [0.1, 0.15) is 0 Å². The van der Waals surface area contributed by atoms with Crippen molar-refractivity contribution in [2.45, 2.75) is 31.8 Å². The van der Waals surface area contributed by atoms with Gasteiger partial charge in [0.05, 0.1) is 5.16 Å². The molecule has 5 heteroatoms. The van der Waals surface area contributed by atoms with E-state index in [0.717, 1.165) is 0 Å². The molecule has 0 radical (unpaired) electrons. The Balaban J connectivity index is 3.38. The summed E-state index contributed by atoms with van der Waals surface area (Å²) in [6.07, 6.45) is 0.772. The van der Waals surface area contributed by atoms with Crippen LogP contribution < -0.4 is 5.73 Å². The SMILES string of the molecule is CCC(CC)(c1cccc(N)c1)P(=O)(O)O. The number of rotatable bonds is 4. The number of hydrogen-bond acceptors (Lipinski definition) is 2. The number of hydrogen-bond donors (Lipinski definition) is 3. The summed E-state index contributed by atoms with van der Waals surface area (Å²) in [5.41, 5.74) is 6.80. The van der Waals surface area contributed by atoms with Crippen molar-refractivity contribution in [3.05, 3.63) is 29.8 Å². The third kappa shape index (κ3) is 2.14. The second kappa shape index (κ2) is 4.58. The van der Waals surface area contributed by atoms with E-state index in [1.54, 1.807) is 38.1 Å². The molecule has 0 aliphatic rings. The van der Waals surface area contributed by atoms with Gasteiger partial charge < -0.3 is 15.5 Å². The molecule has 1 aromatic carbocycles.